The Balaban J connectivity index is 2.34. The van der Waals surface area contributed by atoms with Crippen LogP contribution < -0.4 is 0 Å². The van der Waals surface area contributed by atoms with Crippen LogP contribution in [0.4, 0.5) is 13.2 Å². The van der Waals surface area contributed by atoms with Gasteiger partial charge in [-0.3, -0.25) is 0 Å². The van der Waals surface area contributed by atoms with Gasteiger partial charge >= 0.3 is 6.18 Å². The van der Waals surface area contributed by atoms with Gasteiger partial charge in [0.15, 0.2) is 6.61 Å². The van der Waals surface area contributed by atoms with Crippen LogP contribution in [0.2, 0.25) is 0 Å². The lowest BCUT2D eigenvalue weighted by molar-refractivity contribution is -0.137. The Morgan fingerprint density at radius 1 is 1.27 bits per heavy atom. The summed E-state index contributed by atoms with van der Waals surface area (Å²) in [6.07, 6.45) is -3.89. The summed E-state index contributed by atoms with van der Waals surface area (Å²) in [5.74, 6) is 0. The topological polar surface area (TPSA) is 21.6 Å². The first kappa shape index (κ1) is 10.0. The van der Waals surface area contributed by atoms with Crippen molar-refractivity contribution in [3.63, 3.8) is 0 Å². The van der Waals surface area contributed by atoms with Crippen molar-refractivity contribution in [2.24, 2.45) is 5.16 Å². The lowest BCUT2D eigenvalue weighted by Gasteiger charge is -2.07. The molecule has 0 bridgehead atoms. The first-order chi connectivity index (χ1) is 7.07. The quantitative estimate of drug-likeness (QED) is 0.704. The van der Waals surface area contributed by atoms with Crippen molar-refractivity contribution < 1.29 is 18.0 Å². The highest BCUT2D eigenvalue weighted by molar-refractivity contribution is 6.01. The second-order valence-electron chi connectivity index (χ2n) is 3.09. The maximum absolute atomic E-state index is 12.4. The Kier molecular flexibility index (Phi) is 2.38. The summed E-state index contributed by atoms with van der Waals surface area (Å²) in [5.41, 5.74) is 0.286. The molecule has 2 nitrogen and oxygen atoms in total. The van der Waals surface area contributed by atoms with Crippen LogP contribution in [0.15, 0.2) is 29.4 Å². The molecule has 0 saturated carbocycles. The van der Waals surface area contributed by atoms with E-state index >= 15 is 0 Å². The fourth-order valence-corrected chi connectivity index (χ4v) is 1.30. The zero-order valence-corrected chi connectivity index (χ0v) is 7.58. The van der Waals surface area contributed by atoms with Gasteiger partial charge in [-0.2, -0.15) is 13.2 Å². The molecule has 0 spiro atoms. The molecule has 5 heteroatoms. The molecule has 0 N–H and O–H groups in total. The Labute approximate surface area is 84.3 Å². The highest BCUT2D eigenvalue weighted by atomic mass is 19.4. The van der Waals surface area contributed by atoms with Crippen molar-refractivity contribution >= 4 is 5.71 Å². The van der Waals surface area contributed by atoms with Gasteiger partial charge in [-0.05, 0) is 12.1 Å². The predicted molar refractivity (Wildman–Crippen MR) is 48.0 cm³/mol. The summed E-state index contributed by atoms with van der Waals surface area (Å²) >= 11 is 0. The number of rotatable bonds is 1. The molecule has 0 aliphatic carbocycles. The smallest absolute Gasteiger partial charge is 0.388 e. The van der Waals surface area contributed by atoms with E-state index in [9.17, 15) is 13.2 Å². The van der Waals surface area contributed by atoms with Gasteiger partial charge in [0.1, 0.15) is 0 Å². The van der Waals surface area contributed by atoms with Gasteiger partial charge < -0.3 is 4.84 Å². The van der Waals surface area contributed by atoms with Crippen molar-refractivity contribution in [2.75, 3.05) is 0 Å². The van der Waals surface area contributed by atoms with Crippen LogP contribution >= 0.6 is 0 Å². The number of halogens is 3. The molecule has 1 aromatic carbocycles. The van der Waals surface area contributed by atoms with Crippen molar-refractivity contribution in [1.29, 1.82) is 0 Å². The van der Waals surface area contributed by atoms with E-state index in [0.717, 1.165) is 12.1 Å². The van der Waals surface area contributed by atoms with Crippen LogP contribution in [0, 0.1) is 6.61 Å². The molecule has 1 aromatic rings. The minimum atomic E-state index is -4.32. The van der Waals surface area contributed by atoms with E-state index in [1.54, 1.807) is 6.07 Å². The summed E-state index contributed by atoms with van der Waals surface area (Å²) in [6.45, 7) is 1.44. The Morgan fingerprint density at radius 3 is 2.67 bits per heavy atom. The second kappa shape index (κ2) is 3.56. The summed E-state index contributed by atoms with van der Waals surface area (Å²) in [6, 6.07) is 5.04. The van der Waals surface area contributed by atoms with Gasteiger partial charge in [-0.15, -0.1) is 0 Å². The lowest BCUT2D eigenvalue weighted by atomic mass is 10.0. The van der Waals surface area contributed by atoms with Gasteiger partial charge in [0.2, 0.25) is 0 Å². The number of oxime groups is 1. The number of benzene rings is 1. The van der Waals surface area contributed by atoms with Crippen LogP contribution in [0.1, 0.15) is 17.5 Å². The van der Waals surface area contributed by atoms with Crippen LogP contribution in [0.5, 0.6) is 0 Å². The fourth-order valence-electron chi connectivity index (χ4n) is 1.30. The summed E-state index contributed by atoms with van der Waals surface area (Å²) < 4.78 is 37.1. The van der Waals surface area contributed by atoms with E-state index in [-0.39, 0.29) is 0 Å². The molecule has 0 saturated heterocycles. The van der Waals surface area contributed by atoms with Gasteiger partial charge in [-0.1, -0.05) is 17.3 Å². The average molecular weight is 214 g/mol. The first-order valence-electron chi connectivity index (χ1n) is 4.29. The van der Waals surface area contributed by atoms with E-state index in [0.29, 0.717) is 17.7 Å². The lowest BCUT2D eigenvalue weighted by Crippen LogP contribution is -2.06. The highest BCUT2D eigenvalue weighted by Gasteiger charge is 2.30. The largest absolute Gasteiger partial charge is 0.416 e. The third-order valence-corrected chi connectivity index (χ3v) is 2.04. The molecular formula is C10H7F3NO. The summed E-state index contributed by atoms with van der Waals surface area (Å²) in [5, 5.41) is 3.62. The van der Waals surface area contributed by atoms with Gasteiger partial charge in [0, 0.05) is 12.0 Å². The number of alkyl halides is 3. The first-order valence-corrected chi connectivity index (χ1v) is 4.29. The van der Waals surface area contributed by atoms with Gasteiger partial charge in [0.05, 0.1) is 11.3 Å². The molecule has 1 aliphatic heterocycles. The van der Waals surface area contributed by atoms with Crippen LogP contribution in [-0.4, -0.2) is 5.71 Å². The van der Waals surface area contributed by atoms with E-state index in [1.807, 2.05) is 0 Å². The van der Waals surface area contributed by atoms with E-state index < -0.39 is 11.7 Å². The summed E-state index contributed by atoms with van der Waals surface area (Å²) in [4.78, 5) is 4.62. The maximum Gasteiger partial charge on any atom is 0.416 e. The van der Waals surface area contributed by atoms with Gasteiger partial charge in [0.25, 0.3) is 0 Å². The molecule has 0 aromatic heterocycles. The normalized spacial score (nSPS) is 16.1. The highest BCUT2D eigenvalue weighted by Crippen LogP contribution is 2.30. The molecule has 0 fully saturated rings. The van der Waals surface area contributed by atoms with Crippen LogP contribution in [0.3, 0.4) is 0 Å². The molecule has 1 aliphatic rings. The monoisotopic (exact) mass is 214 g/mol. The zero-order chi connectivity index (χ0) is 10.9. The summed E-state index contributed by atoms with van der Waals surface area (Å²) in [7, 11) is 0. The SMILES string of the molecule is FC(F)(F)c1cccc(C2=NO[CH]C2)c1. The van der Waals surface area contributed by atoms with E-state index in [4.69, 9.17) is 0 Å². The van der Waals surface area contributed by atoms with Crippen molar-refractivity contribution in [2.45, 2.75) is 12.6 Å². The molecule has 0 atom stereocenters. The molecule has 1 radical (unpaired) electrons. The third-order valence-electron chi connectivity index (χ3n) is 2.04. The van der Waals surface area contributed by atoms with Crippen molar-refractivity contribution in [1.82, 2.24) is 0 Å². The zero-order valence-electron chi connectivity index (χ0n) is 7.58. The molecule has 2 rings (SSSR count). The van der Waals surface area contributed by atoms with Crippen molar-refractivity contribution in [3.05, 3.63) is 42.0 Å². The molecule has 0 unspecified atom stereocenters. The second-order valence-corrected chi connectivity index (χ2v) is 3.09. The number of hydrogen-bond donors (Lipinski definition) is 0. The van der Waals surface area contributed by atoms with Crippen molar-refractivity contribution in [3.8, 4) is 0 Å². The Morgan fingerprint density at radius 2 is 2.07 bits per heavy atom. The molecule has 15 heavy (non-hydrogen) atoms. The average Bonchev–Trinajstić information content (AvgIpc) is 2.69. The molecule has 79 valence electrons. The van der Waals surface area contributed by atoms with E-state index in [1.165, 1.54) is 12.7 Å². The minimum Gasteiger partial charge on any atom is -0.388 e. The fraction of sp³-hybridized carbons (Fsp3) is 0.200. The van der Waals surface area contributed by atoms with E-state index in [2.05, 4.69) is 9.99 Å². The molecule has 0 amide bonds. The molecule has 1 heterocycles. The Hall–Kier alpha value is -1.52. The number of hydrogen-bond acceptors (Lipinski definition) is 2. The third kappa shape index (κ3) is 2.11. The Bertz CT molecular complexity index is 398. The number of nitrogens with zero attached hydrogens (tertiary/aromatic N) is 1. The standard InChI is InChI=1S/C10H7F3NO/c11-10(12,13)8-3-1-2-7(6-8)9-4-5-15-14-9/h1-3,5-6H,4H2. The van der Waals surface area contributed by atoms with Crippen LogP contribution in [-0.2, 0) is 11.0 Å². The van der Waals surface area contributed by atoms with Crippen LogP contribution in [0.25, 0.3) is 0 Å². The maximum atomic E-state index is 12.4. The van der Waals surface area contributed by atoms with Gasteiger partial charge in [-0.25, -0.2) is 0 Å². The molecular weight excluding hydrogens is 207 g/mol. The minimum absolute atomic E-state index is 0.432. The predicted octanol–water partition coefficient (Wildman–Crippen LogP) is 2.99.